The van der Waals surface area contributed by atoms with Gasteiger partial charge >= 0.3 is 6.18 Å². The first-order chi connectivity index (χ1) is 12.8. The molecule has 0 bridgehead atoms. The average molecular weight is 393 g/mol. The molecule has 3 aromatic rings. The van der Waals surface area contributed by atoms with Crippen LogP contribution < -0.4 is 10.1 Å². The molecule has 0 aliphatic rings. The number of ether oxygens (including phenoxy) is 1. The van der Waals surface area contributed by atoms with Gasteiger partial charge in [0.05, 0.1) is 5.56 Å². The van der Waals surface area contributed by atoms with Gasteiger partial charge in [-0.1, -0.05) is 11.6 Å². The van der Waals surface area contributed by atoms with Crippen LogP contribution in [0.25, 0.3) is 0 Å². The third-order valence-corrected chi connectivity index (χ3v) is 3.76. The quantitative estimate of drug-likeness (QED) is 0.610. The largest absolute Gasteiger partial charge is 0.457 e. The van der Waals surface area contributed by atoms with Crippen LogP contribution in [0.4, 0.5) is 18.9 Å². The highest BCUT2D eigenvalue weighted by Gasteiger charge is 2.35. The zero-order valence-electron chi connectivity index (χ0n) is 13.6. The molecule has 0 aliphatic carbocycles. The van der Waals surface area contributed by atoms with Crippen LogP contribution in [0.5, 0.6) is 11.5 Å². The van der Waals surface area contributed by atoms with E-state index in [9.17, 15) is 18.0 Å². The third kappa shape index (κ3) is 4.77. The van der Waals surface area contributed by atoms with Crippen molar-refractivity contribution in [3.63, 3.8) is 0 Å². The van der Waals surface area contributed by atoms with E-state index in [1.54, 1.807) is 6.07 Å². The van der Waals surface area contributed by atoms with Crippen LogP contribution in [0.3, 0.4) is 0 Å². The monoisotopic (exact) mass is 392 g/mol. The highest BCUT2D eigenvalue weighted by Crippen LogP contribution is 2.39. The number of aromatic nitrogens is 1. The van der Waals surface area contributed by atoms with Crippen molar-refractivity contribution < 1.29 is 22.7 Å². The second-order valence-electron chi connectivity index (χ2n) is 5.46. The predicted octanol–water partition coefficient (Wildman–Crippen LogP) is 5.80. The van der Waals surface area contributed by atoms with Crippen LogP contribution in [0.15, 0.2) is 67.0 Å². The van der Waals surface area contributed by atoms with Crippen molar-refractivity contribution in [3.8, 4) is 11.5 Å². The highest BCUT2D eigenvalue weighted by atomic mass is 35.5. The summed E-state index contributed by atoms with van der Waals surface area (Å²) in [6.45, 7) is 0. The molecular formula is C19H12ClF3N2O2. The molecule has 138 valence electrons. The Balaban J connectivity index is 1.88. The first-order valence-electron chi connectivity index (χ1n) is 7.69. The summed E-state index contributed by atoms with van der Waals surface area (Å²) in [6, 6.07) is 12.3. The summed E-state index contributed by atoms with van der Waals surface area (Å²) in [7, 11) is 0. The number of pyridine rings is 1. The number of rotatable bonds is 4. The molecule has 0 saturated heterocycles. The number of carbonyl (C=O) groups is 1. The second kappa shape index (κ2) is 7.67. The molecule has 1 N–H and O–H groups in total. The Morgan fingerprint density at radius 1 is 1.07 bits per heavy atom. The minimum atomic E-state index is -4.67. The van der Waals surface area contributed by atoms with E-state index in [4.69, 9.17) is 16.3 Å². The van der Waals surface area contributed by atoms with Gasteiger partial charge in [-0.15, -0.1) is 0 Å². The smallest absolute Gasteiger partial charge is 0.420 e. The van der Waals surface area contributed by atoms with E-state index >= 15 is 0 Å². The standard InChI is InChI=1S/C19H12ClF3N2O2/c20-13-3-6-15(7-4-13)27-17-8-5-14(10-16(17)19(21,22)23)25-18(26)12-2-1-9-24-11-12/h1-11H,(H,25,26). The Kier molecular flexibility index (Phi) is 5.32. The molecule has 3 rings (SSSR count). The number of carbonyl (C=O) groups excluding carboxylic acids is 1. The first kappa shape index (κ1) is 18.7. The number of nitrogens with one attached hydrogen (secondary N) is 1. The van der Waals surface area contributed by atoms with E-state index in [0.29, 0.717) is 5.02 Å². The van der Waals surface area contributed by atoms with Gasteiger partial charge in [-0.05, 0) is 54.6 Å². The number of halogens is 4. The van der Waals surface area contributed by atoms with Gasteiger partial charge in [-0.2, -0.15) is 13.2 Å². The van der Waals surface area contributed by atoms with Crippen molar-refractivity contribution in [1.82, 2.24) is 4.98 Å². The minimum absolute atomic E-state index is 0.0142. The lowest BCUT2D eigenvalue weighted by Gasteiger charge is -2.15. The Hall–Kier alpha value is -3.06. The maximum Gasteiger partial charge on any atom is 0.420 e. The van der Waals surface area contributed by atoms with Gasteiger partial charge in [0.25, 0.3) is 5.91 Å². The van der Waals surface area contributed by atoms with Crippen molar-refractivity contribution in [1.29, 1.82) is 0 Å². The van der Waals surface area contributed by atoms with Crippen molar-refractivity contribution in [2.24, 2.45) is 0 Å². The first-order valence-corrected chi connectivity index (χ1v) is 8.07. The normalized spacial score (nSPS) is 11.1. The van der Waals surface area contributed by atoms with Gasteiger partial charge in [0.2, 0.25) is 0 Å². The molecule has 0 atom stereocenters. The molecule has 0 saturated carbocycles. The molecule has 0 radical (unpaired) electrons. The predicted molar refractivity (Wildman–Crippen MR) is 95.2 cm³/mol. The fourth-order valence-corrected chi connectivity index (χ4v) is 2.37. The molecule has 2 aromatic carbocycles. The van der Waals surface area contributed by atoms with E-state index in [-0.39, 0.29) is 22.7 Å². The summed E-state index contributed by atoms with van der Waals surface area (Å²) in [4.78, 5) is 15.9. The van der Waals surface area contributed by atoms with Gasteiger partial charge < -0.3 is 10.1 Å². The van der Waals surface area contributed by atoms with Gasteiger partial charge in [-0.3, -0.25) is 9.78 Å². The van der Waals surface area contributed by atoms with Gasteiger partial charge in [0.15, 0.2) is 0 Å². The summed E-state index contributed by atoms with van der Waals surface area (Å²) in [5.74, 6) is -0.746. The highest BCUT2D eigenvalue weighted by molar-refractivity contribution is 6.30. The lowest BCUT2D eigenvalue weighted by Crippen LogP contribution is -2.14. The van der Waals surface area contributed by atoms with Crippen molar-refractivity contribution in [2.75, 3.05) is 5.32 Å². The fourth-order valence-electron chi connectivity index (χ4n) is 2.25. The molecule has 0 spiro atoms. The topological polar surface area (TPSA) is 51.2 Å². The Morgan fingerprint density at radius 3 is 2.44 bits per heavy atom. The number of alkyl halides is 3. The summed E-state index contributed by atoms with van der Waals surface area (Å²) >= 11 is 5.76. The number of benzene rings is 2. The molecule has 1 aromatic heterocycles. The summed E-state index contributed by atoms with van der Waals surface area (Å²) in [5.41, 5.74) is -0.798. The second-order valence-corrected chi connectivity index (χ2v) is 5.90. The molecular weight excluding hydrogens is 381 g/mol. The van der Waals surface area contributed by atoms with E-state index in [0.717, 1.165) is 12.1 Å². The zero-order chi connectivity index (χ0) is 19.4. The van der Waals surface area contributed by atoms with E-state index in [1.165, 1.54) is 48.8 Å². The van der Waals surface area contributed by atoms with Crippen LogP contribution in [-0.4, -0.2) is 10.9 Å². The molecule has 0 aliphatic heterocycles. The molecule has 27 heavy (non-hydrogen) atoms. The van der Waals surface area contributed by atoms with Crippen molar-refractivity contribution in [3.05, 3.63) is 83.1 Å². The molecule has 4 nitrogen and oxygen atoms in total. The number of nitrogens with zero attached hydrogens (tertiary/aromatic N) is 1. The third-order valence-electron chi connectivity index (χ3n) is 3.51. The summed E-state index contributed by atoms with van der Waals surface area (Å²) in [6.07, 6.45) is -1.86. The van der Waals surface area contributed by atoms with Crippen LogP contribution in [0, 0.1) is 0 Å². The maximum atomic E-state index is 13.4. The maximum absolute atomic E-state index is 13.4. The number of anilines is 1. The average Bonchev–Trinajstić information content (AvgIpc) is 2.64. The Bertz CT molecular complexity index is 945. The zero-order valence-corrected chi connectivity index (χ0v) is 14.4. The number of amides is 1. The van der Waals surface area contributed by atoms with Gasteiger partial charge in [0.1, 0.15) is 17.1 Å². The number of hydrogen-bond acceptors (Lipinski definition) is 3. The molecule has 0 fully saturated rings. The Labute approximate surface area is 157 Å². The van der Waals surface area contributed by atoms with Gasteiger partial charge in [0, 0.05) is 23.1 Å². The van der Waals surface area contributed by atoms with E-state index in [2.05, 4.69) is 10.3 Å². The van der Waals surface area contributed by atoms with E-state index < -0.39 is 17.6 Å². The van der Waals surface area contributed by atoms with Crippen LogP contribution in [-0.2, 0) is 6.18 Å². The molecule has 1 amide bonds. The summed E-state index contributed by atoms with van der Waals surface area (Å²) in [5, 5.41) is 2.85. The molecule has 1 heterocycles. The molecule has 8 heteroatoms. The van der Waals surface area contributed by atoms with E-state index in [1.807, 2.05) is 0 Å². The number of hydrogen-bond donors (Lipinski definition) is 1. The van der Waals surface area contributed by atoms with Crippen LogP contribution in [0.1, 0.15) is 15.9 Å². The lowest BCUT2D eigenvalue weighted by atomic mass is 10.1. The SMILES string of the molecule is O=C(Nc1ccc(Oc2ccc(Cl)cc2)c(C(F)(F)F)c1)c1cccnc1. The van der Waals surface area contributed by atoms with Gasteiger partial charge in [-0.25, -0.2) is 0 Å². The lowest BCUT2D eigenvalue weighted by molar-refractivity contribution is -0.138. The van der Waals surface area contributed by atoms with Crippen LogP contribution >= 0.6 is 11.6 Å². The fraction of sp³-hybridized carbons (Fsp3) is 0.0526. The van der Waals surface area contributed by atoms with Crippen LogP contribution in [0.2, 0.25) is 5.02 Å². The Morgan fingerprint density at radius 2 is 1.81 bits per heavy atom. The molecule has 0 unspecified atom stereocenters. The van der Waals surface area contributed by atoms with Crippen molar-refractivity contribution in [2.45, 2.75) is 6.18 Å². The minimum Gasteiger partial charge on any atom is -0.457 e. The summed E-state index contributed by atoms with van der Waals surface area (Å²) < 4.78 is 45.6. The van der Waals surface area contributed by atoms with Crippen molar-refractivity contribution >= 4 is 23.2 Å².